The standard InChI is InChI=1S/C20H19ClN4O/c21-16-8-4-5-9-17(16)22-18-14-19(25-10-12-26-13-11-25)24-20(23-18)15-6-2-1-3-7-15/h1-9,14H,10-13H2,(H,22,23,24). The van der Waals surface area contributed by atoms with E-state index in [0.29, 0.717) is 29.9 Å². The van der Waals surface area contributed by atoms with Crippen LogP contribution in [0.15, 0.2) is 60.7 Å². The van der Waals surface area contributed by atoms with E-state index < -0.39 is 0 Å². The Morgan fingerprint density at radius 2 is 1.65 bits per heavy atom. The Kier molecular flexibility index (Phi) is 5.00. The molecule has 4 rings (SSSR count). The number of anilines is 3. The third-order valence-corrected chi connectivity index (χ3v) is 4.55. The van der Waals surface area contributed by atoms with E-state index in [2.05, 4.69) is 10.2 Å². The number of para-hydroxylation sites is 1. The van der Waals surface area contributed by atoms with Crippen molar-refractivity contribution in [2.75, 3.05) is 36.5 Å². The fourth-order valence-electron chi connectivity index (χ4n) is 2.87. The van der Waals surface area contributed by atoms with Crippen LogP contribution in [0.25, 0.3) is 11.4 Å². The summed E-state index contributed by atoms with van der Waals surface area (Å²) < 4.78 is 5.46. The van der Waals surface area contributed by atoms with Crippen molar-refractivity contribution in [2.45, 2.75) is 0 Å². The summed E-state index contributed by atoms with van der Waals surface area (Å²) in [5.74, 6) is 2.29. The van der Waals surface area contributed by atoms with Gasteiger partial charge in [0, 0.05) is 24.7 Å². The van der Waals surface area contributed by atoms with Crippen molar-refractivity contribution in [3.63, 3.8) is 0 Å². The summed E-state index contributed by atoms with van der Waals surface area (Å²) >= 11 is 6.29. The highest BCUT2D eigenvalue weighted by molar-refractivity contribution is 6.33. The summed E-state index contributed by atoms with van der Waals surface area (Å²) in [5.41, 5.74) is 1.80. The molecule has 0 amide bonds. The first-order valence-corrected chi connectivity index (χ1v) is 8.96. The van der Waals surface area contributed by atoms with Crippen molar-refractivity contribution in [3.8, 4) is 11.4 Å². The van der Waals surface area contributed by atoms with Gasteiger partial charge in [0.25, 0.3) is 0 Å². The Labute approximate surface area is 157 Å². The van der Waals surface area contributed by atoms with Crippen LogP contribution in [0.2, 0.25) is 5.02 Å². The molecule has 2 aromatic carbocycles. The summed E-state index contributed by atoms with van der Waals surface area (Å²) in [4.78, 5) is 11.7. The molecule has 0 aliphatic carbocycles. The van der Waals surface area contributed by atoms with Crippen LogP contribution in [-0.4, -0.2) is 36.3 Å². The lowest BCUT2D eigenvalue weighted by Gasteiger charge is -2.28. The molecule has 0 unspecified atom stereocenters. The van der Waals surface area contributed by atoms with Crippen LogP contribution in [0.5, 0.6) is 0 Å². The number of morpholine rings is 1. The number of hydrogen-bond acceptors (Lipinski definition) is 5. The zero-order chi connectivity index (χ0) is 17.8. The maximum atomic E-state index is 6.29. The number of benzene rings is 2. The Hall–Kier alpha value is -2.63. The number of ether oxygens (including phenoxy) is 1. The lowest BCUT2D eigenvalue weighted by molar-refractivity contribution is 0.122. The molecule has 5 nitrogen and oxygen atoms in total. The number of nitrogens with zero attached hydrogens (tertiary/aromatic N) is 3. The summed E-state index contributed by atoms with van der Waals surface area (Å²) in [6.45, 7) is 3.05. The topological polar surface area (TPSA) is 50.3 Å². The van der Waals surface area contributed by atoms with Gasteiger partial charge in [-0.05, 0) is 12.1 Å². The molecule has 0 radical (unpaired) electrons. The van der Waals surface area contributed by atoms with Crippen molar-refractivity contribution in [2.24, 2.45) is 0 Å². The highest BCUT2D eigenvalue weighted by Gasteiger charge is 2.16. The number of hydrogen-bond donors (Lipinski definition) is 1. The molecule has 1 aliphatic rings. The highest BCUT2D eigenvalue weighted by atomic mass is 35.5. The van der Waals surface area contributed by atoms with Gasteiger partial charge in [-0.25, -0.2) is 9.97 Å². The van der Waals surface area contributed by atoms with E-state index in [1.807, 2.05) is 60.7 Å². The molecule has 1 N–H and O–H groups in total. The van der Waals surface area contributed by atoms with Crippen molar-refractivity contribution in [1.82, 2.24) is 9.97 Å². The lowest BCUT2D eigenvalue weighted by atomic mass is 10.2. The van der Waals surface area contributed by atoms with E-state index in [9.17, 15) is 0 Å². The van der Waals surface area contributed by atoms with Gasteiger partial charge in [0.05, 0.1) is 23.9 Å². The van der Waals surface area contributed by atoms with Gasteiger partial charge >= 0.3 is 0 Å². The first kappa shape index (κ1) is 16.8. The van der Waals surface area contributed by atoms with Gasteiger partial charge in [0.15, 0.2) is 5.82 Å². The summed E-state index contributed by atoms with van der Waals surface area (Å²) in [6.07, 6.45) is 0. The van der Waals surface area contributed by atoms with E-state index in [4.69, 9.17) is 26.3 Å². The van der Waals surface area contributed by atoms with Gasteiger partial charge in [-0.15, -0.1) is 0 Å². The average molecular weight is 367 g/mol. The molecule has 1 aliphatic heterocycles. The monoisotopic (exact) mass is 366 g/mol. The number of aromatic nitrogens is 2. The Morgan fingerprint density at radius 3 is 2.42 bits per heavy atom. The van der Waals surface area contributed by atoms with Gasteiger partial charge in [0.1, 0.15) is 11.6 Å². The Morgan fingerprint density at radius 1 is 0.923 bits per heavy atom. The molecule has 1 saturated heterocycles. The Bertz CT molecular complexity index is 882. The van der Waals surface area contributed by atoms with E-state index in [0.717, 1.165) is 30.2 Å². The number of halogens is 1. The molecule has 1 fully saturated rings. The largest absolute Gasteiger partial charge is 0.378 e. The zero-order valence-corrected chi connectivity index (χ0v) is 15.0. The first-order chi connectivity index (χ1) is 12.8. The molecule has 6 heteroatoms. The maximum absolute atomic E-state index is 6.29. The molecule has 1 aromatic heterocycles. The molecular formula is C20H19ClN4O. The first-order valence-electron chi connectivity index (χ1n) is 8.58. The minimum atomic E-state index is 0.653. The van der Waals surface area contributed by atoms with Crippen LogP contribution in [0.3, 0.4) is 0 Å². The van der Waals surface area contributed by atoms with Gasteiger partial charge in [0.2, 0.25) is 0 Å². The molecule has 132 valence electrons. The molecule has 0 atom stereocenters. The van der Waals surface area contributed by atoms with Crippen LogP contribution in [0.4, 0.5) is 17.3 Å². The number of nitrogens with one attached hydrogen (secondary N) is 1. The molecule has 3 aromatic rings. The Balaban J connectivity index is 1.73. The average Bonchev–Trinajstić information content (AvgIpc) is 2.71. The zero-order valence-electron chi connectivity index (χ0n) is 14.2. The predicted molar refractivity (Wildman–Crippen MR) is 105 cm³/mol. The van der Waals surface area contributed by atoms with Crippen LogP contribution < -0.4 is 10.2 Å². The van der Waals surface area contributed by atoms with Crippen LogP contribution in [-0.2, 0) is 4.74 Å². The normalized spacial score (nSPS) is 14.3. The number of rotatable bonds is 4. The van der Waals surface area contributed by atoms with Crippen LogP contribution in [0, 0.1) is 0 Å². The van der Waals surface area contributed by atoms with Crippen molar-refractivity contribution in [3.05, 3.63) is 65.7 Å². The van der Waals surface area contributed by atoms with E-state index >= 15 is 0 Å². The SMILES string of the molecule is Clc1ccccc1Nc1cc(N2CCOCC2)nc(-c2ccccc2)n1. The van der Waals surface area contributed by atoms with Crippen LogP contribution >= 0.6 is 11.6 Å². The third-order valence-electron chi connectivity index (χ3n) is 4.22. The lowest BCUT2D eigenvalue weighted by Crippen LogP contribution is -2.36. The van der Waals surface area contributed by atoms with Gasteiger partial charge in [-0.2, -0.15) is 0 Å². The second kappa shape index (κ2) is 7.72. The van der Waals surface area contributed by atoms with E-state index in [1.54, 1.807) is 0 Å². The molecular weight excluding hydrogens is 348 g/mol. The highest BCUT2D eigenvalue weighted by Crippen LogP contribution is 2.28. The fourth-order valence-corrected chi connectivity index (χ4v) is 3.05. The van der Waals surface area contributed by atoms with E-state index in [-0.39, 0.29) is 0 Å². The fraction of sp³-hybridized carbons (Fsp3) is 0.200. The predicted octanol–water partition coefficient (Wildman–Crippen LogP) is 4.38. The summed E-state index contributed by atoms with van der Waals surface area (Å²) in [5, 5.41) is 3.97. The molecule has 0 saturated carbocycles. The second-order valence-electron chi connectivity index (χ2n) is 6.01. The van der Waals surface area contributed by atoms with Crippen molar-refractivity contribution < 1.29 is 4.74 Å². The molecule has 26 heavy (non-hydrogen) atoms. The van der Waals surface area contributed by atoms with Gasteiger partial charge in [-0.3, -0.25) is 0 Å². The quantitative estimate of drug-likeness (QED) is 0.742. The summed E-state index contributed by atoms with van der Waals surface area (Å²) in [7, 11) is 0. The van der Waals surface area contributed by atoms with Gasteiger partial charge < -0.3 is 15.0 Å². The molecule has 0 bridgehead atoms. The molecule has 2 heterocycles. The maximum Gasteiger partial charge on any atom is 0.163 e. The third kappa shape index (κ3) is 3.79. The minimum Gasteiger partial charge on any atom is -0.378 e. The van der Waals surface area contributed by atoms with Crippen molar-refractivity contribution in [1.29, 1.82) is 0 Å². The summed E-state index contributed by atoms with van der Waals surface area (Å²) in [6, 6.07) is 19.6. The minimum absolute atomic E-state index is 0.653. The van der Waals surface area contributed by atoms with Crippen molar-refractivity contribution >= 4 is 28.9 Å². The second-order valence-corrected chi connectivity index (χ2v) is 6.41. The smallest absolute Gasteiger partial charge is 0.163 e. The molecule has 0 spiro atoms. The van der Waals surface area contributed by atoms with Crippen LogP contribution in [0.1, 0.15) is 0 Å². The van der Waals surface area contributed by atoms with E-state index in [1.165, 1.54) is 0 Å². The van der Waals surface area contributed by atoms with Gasteiger partial charge in [-0.1, -0.05) is 54.1 Å².